The molecule has 0 aliphatic carbocycles. The lowest BCUT2D eigenvalue weighted by Crippen LogP contribution is -2.22. The molecule has 0 fully saturated rings. The molecule has 0 radical (unpaired) electrons. The van der Waals surface area contributed by atoms with Crippen LogP contribution < -0.4 is 5.69 Å². The van der Waals surface area contributed by atoms with Crippen molar-refractivity contribution in [3.63, 3.8) is 0 Å². The summed E-state index contributed by atoms with van der Waals surface area (Å²) in [5.74, 6) is 0.467. The Morgan fingerprint density at radius 2 is 2.14 bits per heavy atom. The molecule has 10 heteroatoms. The molecule has 3 aromatic rings. The Bertz CT molecular complexity index is 871. The van der Waals surface area contributed by atoms with Crippen molar-refractivity contribution in [1.82, 2.24) is 29.7 Å². The van der Waals surface area contributed by atoms with Crippen LogP contribution in [0.5, 0.6) is 0 Å². The molecule has 1 N–H and O–H groups in total. The van der Waals surface area contributed by atoms with E-state index < -0.39 is 0 Å². The molecule has 22 heavy (non-hydrogen) atoms. The quantitative estimate of drug-likeness (QED) is 0.570. The number of aryl methyl sites for hydroxylation is 1. The number of rotatable bonds is 4. The lowest BCUT2D eigenvalue weighted by atomic mass is 10.2. The van der Waals surface area contributed by atoms with Crippen LogP contribution in [-0.4, -0.2) is 34.9 Å². The zero-order valence-electron chi connectivity index (χ0n) is 11.4. The molecule has 2 heterocycles. The van der Waals surface area contributed by atoms with Gasteiger partial charge in [0.2, 0.25) is 0 Å². The van der Waals surface area contributed by atoms with Crippen molar-refractivity contribution in [3.8, 4) is 5.69 Å². The maximum Gasteiger partial charge on any atom is 0.368 e. The molecule has 1 aromatic carbocycles. The highest BCUT2D eigenvalue weighted by Crippen LogP contribution is 2.29. The zero-order valence-corrected chi connectivity index (χ0v) is 13.0. The number of nitrogens with zero attached hydrogens (tertiary/aromatic N) is 6. The van der Waals surface area contributed by atoms with Gasteiger partial charge in [-0.25, -0.2) is 4.79 Å². The molecular weight excluding hydrogens is 328 g/mol. The average Bonchev–Trinajstić information content (AvgIpc) is 3.05. The Morgan fingerprint density at radius 1 is 1.32 bits per heavy atom. The van der Waals surface area contributed by atoms with Crippen LogP contribution >= 0.6 is 23.4 Å². The number of tetrazole rings is 1. The number of hydrogen-bond acceptors (Lipinski definition) is 6. The molecule has 0 aliphatic heterocycles. The molecule has 8 nitrogen and oxygen atoms in total. The first-order chi connectivity index (χ1) is 10.6. The Labute approximate surface area is 133 Å². The summed E-state index contributed by atoms with van der Waals surface area (Å²) in [6.07, 6.45) is 1.43. The van der Waals surface area contributed by atoms with Gasteiger partial charge in [0.25, 0.3) is 0 Å². The second kappa shape index (κ2) is 5.85. The Morgan fingerprint density at radius 3 is 2.77 bits per heavy atom. The molecule has 114 valence electrons. The molecule has 0 bridgehead atoms. The monoisotopic (exact) mass is 338 g/mol. The van der Waals surface area contributed by atoms with Gasteiger partial charge in [0, 0.05) is 23.4 Å². The van der Waals surface area contributed by atoms with Crippen LogP contribution in [0, 0.1) is 0 Å². The van der Waals surface area contributed by atoms with Crippen LogP contribution in [0.3, 0.4) is 0 Å². The molecule has 0 atom stereocenters. The first-order valence-electron chi connectivity index (χ1n) is 6.21. The van der Waals surface area contributed by atoms with Crippen LogP contribution in [0.2, 0.25) is 5.02 Å². The fourth-order valence-electron chi connectivity index (χ4n) is 1.87. The average molecular weight is 339 g/mol. The van der Waals surface area contributed by atoms with Gasteiger partial charge in [-0.3, -0.25) is 0 Å². The number of thioether (sulfide) groups is 1. The van der Waals surface area contributed by atoms with Crippen molar-refractivity contribution >= 4 is 23.4 Å². The van der Waals surface area contributed by atoms with Gasteiger partial charge in [0.1, 0.15) is 5.03 Å². The molecule has 0 amide bonds. The third-order valence-corrected chi connectivity index (χ3v) is 4.26. The van der Waals surface area contributed by atoms with Gasteiger partial charge >= 0.3 is 5.69 Å². The molecular formula is C12H11ClN6O2S. The highest BCUT2D eigenvalue weighted by Gasteiger charge is 2.14. The summed E-state index contributed by atoms with van der Waals surface area (Å²) < 4.78 is 2.34. The van der Waals surface area contributed by atoms with Gasteiger partial charge in [0.15, 0.2) is 0 Å². The Hall–Kier alpha value is -2.26. The normalized spacial score (nSPS) is 11.0. The third-order valence-electron chi connectivity index (χ3n) is 2.96. The summed E-state index contributed by atoms with van der Waals surface area (Å²) in [6.45, 7) is 0. The maximum atomic E-state index is 12.0. The van der Waals surface area contributed by atoms with Gasteiger partial charge in [-0.1, -0.05) is 29.4 Å². The van der Waals surface area contributed by atoms with Gasteiger partial charge in [-0.2, -0.15) is 9.36 Å². The third kappa shape index (κ3) is 2.72. The van der Waals surface area contributed by atoms with E-state index >= 15 is 0 Å². The number of aromatic nitrogens is 6. The molecule has 3 rings (SSSR count). The van der Waals surface area contributed by atoms with E-state index in [0.717, 1.165) is 15.1 Å². The summed E-state index contributed by atoms with van der Waals surface area (Å²) in [5.41, 5.74) is 0.957. The van der Waals surface area contributed by atoms with E-state index in [1.807, 2.05) is 0 Å². The molecule has 0 aliphatic rings. The lowest BCUT2D eigenvalue weighted by Gasteiger charge is -2.09. The zero-order chi connectivity index (χ0) is 15.7. The highest BCUT2D eigenvalue weighted by atomic mass is 35.5. The van der Waals surface area contributed by atoms with E-state index in [2.05, 4.69) is 15.5 Å². The predicted molar refractivity (Wildman–Crippen MR) is 80.6 cm³/mol. The van der Waals surface area contributed by atoms with Gasteiger partial charge in [-0.05, 0) is 28.6 Å². The highest BCUT2D eigenvalue weighted by molar-refractivity contribution is 7.98. The Kier molecular flexibility index (Phi) is 3.90. The summed E-state index contributed by atoms with van der Waals surface area (Å²) in [5, 5.41) is 21.7. The van der Waals surface area contributed by atoms with Crippen molar-refractivity contribution in [2.75, 3.05) is 0 Å². The van der Waals surface area contributed by atoms with E-state index in [1.165, 1.54) is 29.7 Å². The van der Waals surface area contributed by atoms with Gasteiger partial charge in [0.05, 0.1) is 11.9 Å². The van der Waals surface area contributed by atoms with Crippen molar-refractivity contribution in [3.05, 3.63) is 51.5 Å². The fourth-order valence-corrected chi connectivity index (χ4v) is 3.08. The summed E-state index contributed by atoms with van der Waals surface area (Å²) in [7, 11) is 1.53. The van der Waals surface area contributed by atoms with Gasteiger partial charge < -0.3 is 5.21 Å². The minimum absolute atomic E-state index is 0.354. The van der Waals surface area contributed by atoms with E-state index in [4.69, 9.17) is 11.6 Å². The van der Waals surface area contributed by atoms with Crippen LogP contribution in [0.25, 0.3) is 5.69 Å². The fraction of sp³-hybridized carbons (Fsp3) is 0.167. The second-order valence-corrected chi connectivity index (χ2v) is 5.80. The van der Waals surface area contributed by atoms with Crippen LogP contribution in [0.4, 0.5) is 0 Å². The van der Waals surface area contributed by atoms with Gasteiger partial charge in [-0.15, -0.1) is 9.94 Å². The molecule has 2 aromatic heterocycles. The van der Waals surface area contributed by atoms with Crippen LogP contribution in [0.1, 0.15) is 5.56 Å². The van der Waals surface area contributed by atoms with E-state index in [0.29, 0.717) is 21.5 Å². The minimum atomic E-state index is -0.354. The topological polar surface area (TPSA) is 90.8 Å². The van der Waals surface area contributed by atoms with Crippen LogP contribution in [0.15, 0.2) is 40.3 Å². The summed E-state index contributed by atoms with van der Waals surface area (Å²) in [4.78, 5) is 12.8. The molecule has 0 saturated carbocycles. The van der Waals surface area contributed by atoms with E-state index in [-0.39, 0.29) is 5.69 Å². The molecule has 0 saturated heterocycles. The first kappa shape index (κ1) is 14.7. The van der Waals surface area contributed by atoms with Crippen molar-refractivity contribution < 1.29 is 5.21 Å². The number of benzene rings is 1. The van der Waals surface area contributed by atoms with Crippen molar-refractivity contribution in [2.45, 2.75) is 10.8 Å². The van der Waals surface area contributed by atoms with Crippen molar-refractivity contribution in [2.24, 2.45) is 7.05 Å². The van der Waals surface area contributed by atoms with Crippen LogP contribution in [-0.2, 0) is 12.8 Å². The number of hydrogen-bond donors (Lipinski definition) is 1. The second-order valence-electron chi connectivity index (χ2n) is 4.40. The van der Waals surface area contributed by atoms with E-state index in [1.54, 1.807) is 24.3 Å². The summed E-state index contributed by atoms with van der Waals surface area (Å²) in [6, 6.07) is 6.92. The standard InChI is InChI=1S/C12H11ClN6O2S/c1-17-12(20)19(16-15-17)10-4-2-3-9(13)8(10)7-22-11-5-6-18(21)14-11/h2-6,21H,7H2,1H3. The predicted octanol–water partition coefficient (Wildman–Crippen LogP) is 1.35. The molecule has 0 spiro atoms. The SMILES string of the molecule is Cn1nnn(-c2cccc(Cl)c2CSc2ccn(O)n2)c1=O. The van der Waals surface area contributed by atoms with E-state index in [9.17, 15) is 10.0 Å². The summed E-state index contributed by atoms with van der Waals surface area (Å²) >= 11 is 7.63. The largest absolute Gasteiger partial charge is 0.412 e. The van der Waals surface area contributed by atoms with Crippen molar-refractivity contribution in [1.29, 1.82) is 0 Å². The molecule has 0 unspecified atom stereocenters. The lowest BCUT2D eigenvalue weighted by molar-refractivity contribution is 0.145. The smallest absolute Gasteiger partial charge is 0.368 e. The first-order valence-corrected chi connectivity index (χ1v) is 7.57. The number of halogens is 1. The Balaban J connectivity index is 1.96. The minimum Gasteiger partial charge on any atom is -0.412 e. The maximum absolute atomic E-state index is 12.0.